The summed E-state index contributed by atoms with van der Waals surface area (Å²) in [5.41, 5.74) is 4.21. The first-order valence-electron chi connectivity index (χ1n) is 9.57. The Balaban J connectivity index is 1.77. The molecular weight excluding hydrogens is 382 g/mol. The van der Waals surface area contributed by atoms with E-state index in [4.69, 9.17) is 0 Å². The first-order valence-corrected chi connectivity index (χ1v) is 10.6. The maximum Gasteiger partial charge on any atom is 0.255 e. The fourth-order valence-electron chi connectivity index (χ4n) is 3.46. The number of fused-ring (bicyclic) bond motifs is 1. The second kappa shape index (κ2) is 8.13. The smallest absolute Gasteiger partial charge is 0.255 e. The standard InChI is InChI=1S/C22H23N5OS/c1-4-29-22-25-21-23-15(3)18(20(28)24-17-13-9-8-10-14(17)2)19(27(21)26-22)16-11-6-5-7-12-16/h5-13,19H,4H2,1-3H3,(H,24,28)(H,23,25,26). The van der Waals surface area contributed by atoms with E-state index in [-0.39, 0.29) is 11.9 Å². The van der Waals surface area contributed by atoms with E-state index in [1.165, 1.54) is 0 Å². The van der Waals surface area contributed by atoms with E-state index < -0.39 is 0 Å². The van der Waals surface area contributed by atoms with E-state index in [1.54, 1.807) is 11.8 Å². The van der Waals surface area contributed by atoms with Crippen LogP contribution in [0.15, 0.2) is 71.0 Å². The Kier molecular flexibility index (Phi) is 5.40. The SMILES string of the molecule is CCSc1nc2n(n1)C(c1ccccc1)C(C(=O)Nc1ccccc1C)=C(C)N2. The number of hydrogen-bond acceptors (Lipinski definition) is 5. The molecule has 1 aliphatic rings. The van der Waals surface area contributed by atoms with Gasteiger partial charge in [0.25, 0.3) is 5.91 Å². The number of para-hydroxylation sites is 1. The van der Waals surface area contributed by atoms with Gasteiger partial charge in [0.1, 0.15) is 6.04 Å². The lowest BCUT2D eigenvalue weighted by Crippen LogP contribution is -2.31. The first-order chi connectivity index (χ1) is 14.1. The third-order valence-electron chi connectivity index (χ3n) is 4.86. The molecule has 1 amide bonds. The van der Waals surface area contributed by atoms with Crippen LogP contribution < -0.4 is 10.6 Å². The molecule has 0 aliphatic carbocycles. The number of thioether (sulfide) groups is 1. The normalized spacial score (nSPS) is 15.6. The lowest BCUT2D eigenvalue weighted by Gasteiger charge is -2.28. The average Bonchev–Trinajstić information content (AvgIpc) is 3.11. The summed E-state index contributed by atoms with van der Waals surface area (Å²) < 4.78 is 1.81. The minimum Gasteiger partial charge on any atom is -0.328 e. The van der Waals surface area contributed by atoms with Crippen LogP contribution in [0.25, 0.3) is 0 Å². The van der Waals surface area contributed by atoms with Crippen molar-refractivity contribution >= 4 is 29.3 Å². The second-order valence-electron chi connectivity index (χ2n) is 6.84. The summed E-state index contributed by atoms with van der Waals surface area (Å²) >= 11 is 1.58. The molecule has 1 aromatic heterocycles. The molecule has 148 valence electrons. The fourth-order valence-corrected chi connectivity index (χ4v) is 4.02. The minimum absolute atomic E-state index is 0.149. The summed E-state index contributed by atoms with van der Waals surface area (Å²) in [6, 6.07) is 17.4. The van der Waals surface area contributed by atoms with E-state index >= 15 is 0 Å². The molecule has 1 atom stereocenters. The topological polar surface area (TPSA) is 71.8 Å². The minimum atomic E-state index is -0.352. The highest BCUT2D eigenvalue weighted by molar-refractivity contribution is 7.99. The molecule has 0 saturated carbocycles. The van der Waals surface area contributed by atoms with Crippen molar-refractivity contribution in [2.75, 3.05) is 16.4 Å². The van der Waals surface area contributed by atoms with Gasteiger partial charge in [0.15, 0.2) is 0 Å². The third kappa shape index (κ3) is 3.78. The number of benzene rings is 2. The van der Waals surface area contributed by atoms with Crippen molar-refractivity contribution in [2.45, 2.75) is 32.0 Å². The average molecular weight is 406 g/mol. The predicted molar refractivity (Wildman–Crippen MR) is 117 cm³/mol. The van der Waals surface area contributed by atoms with Gasteiger partial charge in [0.2, 0.25) is 11.1 Å². The maximum atomic E-state index is 13.4. The monoisotopic (exact) mass is 405 g/mol. The molecule has 0 radical (unpaired) electrons. The van der Waals surface area contributed by atoms with Crippen LogP contribution in [-0.4, -0.2) is 26.4 Å². The number of allylic oxidation sites excluding steroid dienone is 1. The summed E-state index contributed by atoms with van der Waals surface area (Å²) in [6.07, 6.45) is 0. The van der Waals surface area contributed by atoms with Crippen LogP contribution >= 0.6 is 11.8 Å². The summed E-state index contributed by atoms with van der Waals surface area (Å²) in [7, 11) is 0. The number of nitrogens with one attached hydrogen (secondary N) is 2. The lowest BCUT2D eigenvalue weighted by molar-refractivity contribution is -0.113. The number of hydrogen-bond donors (Lipinski definition) is 2. The number of anilines is 2. The lowest BCUT2D eigenvalue weighted by atomic mass is 9.95. The van der Waals surface area contributed by atoms with Crippen molar-refractivity contribution in [3.05, 3.63) is 77.0 Å². The predicted octanol–water partition coefficient (Wildman–Crippen LogP) is 4.63. The van der Waals surface area contributed by atoms with Crippen molar-refractivity contribution in [1.29, 1.82) is 0 Å². The highest BCUT2D eigenvalue weighted by Crippen LogP contribution is 2.36. The van der Waals surface area contributed by atoms with E-state index in [0.717, 1.165) is 28.3 Å². The van der Waals surface area contributed by atoms with Gasteiger partial charge in [-0.1, -0.05) is 67.2 Å². The molecule has 1 aliphatic heterocycles. The van der Waals surface area contributed by atoms with Gasteiger partial charge in [-0.2, -0.15) is 4.98 Å². The van der Waals surface area contributed by atoms with Crippen molar-refractivity contribution in [2.24, 2.45) is 0 Å². The van der Waals surface area contributed by atoms with E-state index in [0.29, 0.717) is 16.7 Å². The largest absolute Gasteiger partial charge is 0.328 e. The van der Waals surface area contributed by atoms with E-state index in [2.05, 4.69) is 27.6 Å². The fraction of sp³-hybridized carbons (Fsp3) is 0.227. The molecule has 2 aromatic carbocycles. The van der Waals surface area contributed by atoms with Gasteiger partial charge in [-0.3, -0.25) is 4.79 Å². The van der Waals surface area contributed by atoms with Crippen LogP contribution in [-0.2, 0) is 4.79 Å². The summed E-state index contributed by atoms with van der Waals surface area (Å²) in [6.45, 7) is 5.96. The van der Waals surface area contributed by atoms with Crippen molar-refractivity contribution < 1.29 is 4.79 Å². The van der Waals surface area contributed by atoms with Crippen LogP contribution in [0.5, 0.6) is 0 Å². The summed E-state index contributed by atoms with van der Waals surface area (Å²) in [5, 5.41) is 11.7. The Morgan fingerprint density at radius 3 is 2.59 bits per heavy atom. The van der Waals surface area contributed by atoms with Crippen LogP contribution in [0, 0.1) is 6.92 Å². The number of nitrogens with zero attached hydrogens (tertiary/aromatic N) is 3. The van der Waals surface area contributed by atoms with Gasteiger partial charge in [0.05, 0.1) is 5.57 Å². The molecule has 0 fully saturated rings. The van der Waals surface area contributed by atoms with Crippen LogP contribution in [0.1, 0.15) is 31.0 Å². The Morgan fingerprint density at radius 1 is 1.14 bits per heavy atom. The Morgan fingerprint density at radius 2 is 1.86 bits per heavy atom. The van der Waals surface area contributed by atoms with Crippen LogP contribution in [0.4, 0.5) is 11.6 Å². The molecule has 0 spiro atoms. The third-order valence-corrected chi connectivity index (χ3v) is 5.58. The summed E-state index contributed by atoms with van der Waals surface area (Å²) in [5.74, 6) is 1.38. The molecule has 29 heavy (non-hydrogen) atoms. The number of aromatic nitrogens is 3. The Bertz CT molecular complexity index is 1070. The molecule has 0 bridgehead atoms. The number of aryl methyl sites for hydroxylation is 1. The second-order valence-corrected chi connectivity index (χ2v) is 8.07. The molecule has 1 unspecified atom stereocenters. The van der Waals surface area contributed by atoms with Crippen LogP contribution in [0.2, 0.25) is 0 Å². The number of rotatable bonds is 5. The number of carbonyl (C=O) groups excluding carboxylic acids is 1. The van der Waals surface area contributed by atoms with Crippen LogP contribution in [0.3, 0.4) is 0 Å². The van der Waals surface area contributed by atoms with Crippen molar-refractivity contribution in [3.63, 3.8) is 0 Å². The molecule has 2 heterocycles. The van der Waals surface area contributed by atoms with Gasteiger partial charge in [-0.25, -0.2) is 4.68 Å². The quantitative estimate of drug-likeness (QED) is 0.606. The van der Waals surface area contributed by atoms with Crippen molar-refractivity contribution in [1.82, 2.24) is 14.8 Å². The molecule has 3 aromatic rings. The molecular formula is C22H23N5OS. The highest BCUT2D eigenvalue weighted by atomic mass is 32.2. The van der Waals surface area contributed by atoms with Gasteiger partial charge in [-0.15, -0.1) is 5.10 Å². The molecule has 7 heteroatoms. The van der Waals surface area contributed by atoms with Gasteiger partial charge in [0, 0.05) is 11.4 Å². The van der Waals surface area contributed by atoms with Crippen molar-refractivity contribution in [3.8, 4) is 0 Å². The molecule has 0 saturated heterocycles. The molecule has 6 nitrogen and oxygen atoms in total. The summed E-state index contributed by atoms with van der Waals surface area (Å²) in [4.78, 5) is 18.0. The molecule has 2 N–H and O–H groups in total. The maximum absolute atomic E-state index is 13.4. The van der Waals surface area contributed by atoms with Gasteiger partial charge >= 0.3 is 0 Å². The van der Waals surface area contributed by atoms with E-state index in [1.807, 2.05) is 73.1 Å². The zero-order chi connectivity index (χ0) is 20.4. The first kappa shape index (κ1) is 19.3. The Labute approximate surface area is 174 Å². The zero-order valence-electron chi connectivity index (χ0n) is 16.6. The zero-order valence-corrected chi connectivity index (χ0v) is 17.5. The number of amides is 1. The van der Waals surface area contributed by atoms with E-state index in [9.17, 15) is 4.79 Å². The van der Waals surface area contributed by atoms with Gasteiger partial charge < -0.3 is 10.6 Å². The highest BCUT2D eigenvalue weighted by Gasteiger charge is 2.34. The molecule has 4 rings (SSSR count). The Hall–Kier alpha value is -3.06. The number of carbonyl (C=O) groups is 1. The van der Waals surface area contributed by atoms with Gasteiger partial charge in [-0.05, 0) is 36.8 Å².